The number of amides is 1. The molecule has 8 nitrogen and oxygen atoms in total. The number of pyridine rings is 1. The van der Waals surface area contributed by atoms with Crippen LogP contribution in [-0.2, 0) is 17.9 Å². The van der Waals surface area contributed by atoms with Crippen LogP contribution >= 0.6 is 0 Å². The number of carbonyl (C=O) groups is 1. The molecule has 2 heterocycles. The summed E-state index contributed by atoms with van der Waals surface area (Å²) in [7, 11) is 0. The average Bonchev–Trinajstić information content (AvgIpc) is 3.30. The Bertz CT molecular complexity index is 1310. The molecule has 2 aromatic heterocycles. The molecule has 0 unspecified atom stereocenters. The summed E-state index contributed by atoms with van der Waals surface area (Å²) in [4.78, 5) is 20.0. The van der Waals surface area contributed by atoms with E-state index in [9.17, 15) is 10.1 Å². The smallest absolute Gasteiger partial charge is 0.233 e. The van der Waals surface area contributed by atoms with Crippen LogP contribution in [0.3, 0.4) is 0 Å². The van der Waals surface area contributed by atoms with Crippen molar-refractivity contribution in [2.24, 2.45) is 0 Å². The van der Waals surface area contributed by atoms with Gasteiger partial charge < -0.3 is 19.8 Å². The van der Waals surface area contributed by atoms with Crippen molar-refractivity contribution >= 4 is 5.91 Å². The van der Waals surface area contributed by atoms with E-state index >= 15 is 0 Å². The molecule has 0 aliphatic rings. The number of nitrogens with one attached hydrogen (secondary N) is 2. The Balaban J connectivity index is 1.52. The van der Waals surface area contributed by atoms with Gasteiger partial charge in [0.05, 0.1) is 6.54 Å². The highest BCUT2D eigenvalue weighted by Crippen LogP contribution is 2.29. The lowest BCUT2D eigenvalue weighted by atomic mass is 10.0. The van der Waals surface area contributed by atoms with Gasteiger partial charge in [-0.15, -0.1) is 0 Å². The number of ether oxygens (including phenoxy) is 1. The van der Waals surface area contributed by atoms with Crippen LogP contribution in [0, 0.1) is 11.3 Å². The molecule has 0 bridgehead atoms. The molecule has 4 rings (SSSR count). The molecule has 0 saturated heterocycles. The van der Waals surface area contributed by atoms with Crippen LogP contribution in [-0.4, -0.2) is 29.0 Å². The predicted molar refractivity (Wildman–Crippen MR) is 131 cm³/mol. The van der Waals surface area contributed by atoms with E-state index < -0.39 is 0 Å². The van der Waals surface area contributed by atoms with Gasteiger partial charge in [-0.25, -0.2) is 9.97 Å². The summed E-state index contributed by atoms with van der Waals surface area (Å²) in [6, 6.07) is 23.4. The molecule has 8 heteroatoms. The largest absolute Gasteiger partial charge is 0.467 e. The van der Waals surface area contributed by atoms with Crippen LogP contribution in [0.25, 0.3) is 22.4 Å². The molecule has 0 radical (unpaired) electrons. The van der Waals surface area contributed by atoms with Gasteiger partial charge in [0, 0.05) is 37.3 Å². The first-order chi connectivity index (χ1) is 17.2. The van der Waals surface area contributed by atoms with Gasteiger partial charge in [-0.2, -0.15) is 5.26 Å². The van der Waals surface area contributed by atoms with Gasteiger partial charge in [-0.1, -0.05) is 60.7 Å². The number of rotatable bonds is 10. The maximum absolute atomic E-state index is 11.0. The van der Waals surface area contributed by atoms with Gasteiger partial charge in [-0.05, 0) is 11.6 Å². The maximum atomic E-state index is 11.0. The van der Waals surface area contributed by atoms with Crippen molar-refractivity contribution in [2.75, 3.05) is 13.1 Å². The van der Waals surface area contributed by atoms with E-state index in [2.05, 4.69) is 26.7 Å². The van der Waals surface area contributed by atoms with Gasteiger partial charge in [0.15, 0.2) is 6.61 Å². The lowest BCUT2D eigenvalue weighted by Crippen LogP contribution is -2.29. The van der Waals surface area contributed by atoms with Gasteiger partial charge in [-0.3, -0.25) is 4.79 Å². The Morgan fingerprint density at radius 2 is 1.74 bits per heavy atom. The summed E-state index contributed by atoms with van der Waals surface area (Å²) < 4.78 is 11.9. The molecule has 0 spiro atoms. The van der Waals surface area contributed by atoms with Crippen LogP contribution in [0.4, 0.5) is 0 Å². The van der Waals surface area contributed by atoms with E-state index in [0.29, 0.717) is 42.5 Å². The molecule has 35 heavy (non-hydrogen) atoms. The van der Waals surface area contributed by atoms with Crippen LogP contribution in [0.15, 0.2) is 77.3 Å². The molecular formula is C27H25N5O3. The van der Waals surface area contributed by atoms with E-state index in [-0.39, 0.29) is 18.4 Å². The molecule has 0 aliphatic carbocycles. The first-order valence-corrected chi connectivity index (χ1v) is 11.2. The number of benzene rings is 2. The van der Waals surface area contributed by atoms with E-state index in [0.717, 1.165) is 16.7 Å². The highest BCUT2D eigenvalue weighted by atomic mass is 16.5. The van der Waals surface area contributed by atoms with Crippen LogP contribution in [0.1, 0.15) is 24.1 Å². The summed E-state index contributed by atoms with van der Waals surface area (Å²) in [6.07, 6.45) is 1.62. The van der Waals surface area contributed by atoms with Crippen molar-refractivity contribution in [2.45, 2.75) is 20.1 Å². The SMILES string of the molecule is CC(=O)NCCNCc1oc(COc2nccc(-c3ccccc3)c2C#N)nc1-c1ccccc1. The van der Waals surface area contributed by atoms with Crippen molar-refractivity contribution in [1.82, 2.24) is 20.6 Å². The minimum atomic E-state index is -0.0717. The standard InChI is InChI=1S/C27H25N5O3/c1-19(33)30-15-14-29-17-24-26(21-10-6-3-7-11-21)32-25(35-24)18-34-27-23(16-28)22(12-13-31-27)20-8-4-2-5-9-20/h2-13,29H,14-15,17-18H2,1H3,(H,30,33). The quantitative estimate of drug-likeness (QED) is 0.338. The zero-order valence-electron chi connectivity index (χ0n) is 19.3. The number of aromatic nitrogens is 2. The molecule has 176 valence electrons. The third-order valence-corrected chi connectivity index (χ3v) is 5.20. The highest BCUT2D eigenvalue weighted by molar-refractivity contribution is 5.73. The lowest BCUT2D eigenvalue weighted by molar-refractivity contribution is -0.118. The molecule has 0 fully saturated rings. The Labute approximate surface area is 203 Å². The van der Waals surface area contributed by atoms with Crippen LogP contribution in [0.5, 0.6) is 5.88 Å². The first-order valence-electron chi connectivity index (χ1n) is 11.2. The van der Waals surface area contributed by atoms with Crippen molar-refractivity contribution in [3.63, 3.8) is 0 Å². The van der Waals surface area contributed by atoms with Gasteiger partial charge >= 0.3 is 0 Å². The number of carbonyl (C=O) groups excluding carboxylic acids is 1. The van der Waals surface area contributed by atoms with E-state index in [1.165, 1.54) is 6.92 Å². The molecule has 0 aliphatic heterocycles. The van der Waals surface area contributed by atoms with Gasteiger partial charge in [0.25, 0.3) is 0 Å². The molecule has 0 atom stereocenters. The number of nitrogens with zero attached hydrogens (tertiary/aromatic N) is 3. The Morgan fingerprint density at radius 3 is 2.43 bits per heavy atom. The number of nitriles is 1. The highest BCUT2D eigenvalue weighted by Gasteiger charge is 2.17. The number of hydrogen-bond donors (Lipinski definition) is 2. The fourth-order valence-corrected chi connectivity index (χ4v) is 3.58. The summed E-state index contributed by atoms with van der Waals surface area (Å²) in [6.45, 7) is 3.04. The topological polar surface area (TPSA) is 113 Å². The second kappa shape index (κ2) is 11.6. The molecule has 1 amide bonds. The lowest BCUT2D eigenvalue weighted by Gasteiger charge is -2.09. The monoisotopic (exact) mass is 467 g/mol. The average molecular weight is 468 g/mol. The Hall–Kier alpha value is -4.48. The Kier molecular flexibility index (Phi) is 7.84. The molecular weight excluding hydrogens is 442 g/mol. The minimum Gasteiger partial charge on any atom is -0.467 e. The second-order valence-electron chi connectivity index (χ2n) is 7.71. The van der Waals surface area contributed by atoms with E-state index in [1.807, 2.05) is 60.7 Å². The molecule has 2 N–H and O–H groups in total. The van der Waals surface area contributed by atoms with Crippen molar-refractivity contribution < 1.29 is 13.9 Å². The van der Waals surface area contributed by atoms with Crippen LogP contribution in [0.2, 0.25) is 0 Å². The number of hydrogen-bond acceptors (Lipinski definition) is 7. The second-order valence-corrected chi connectivity index (χ2v) is 7.71. The summed E-state index contributed by atoms with van der Waals surface area (Å²) >= 11 is 0. The maximum Gasteiger partial charge on any atom is 0.233 e. The zero-order chi connectivity index (χ0) is 24.5. The van der Waals surface area contributed by atoms with Crippen molar-refractivity contribution in [3.8, 4) is 34.3 Å². The fraction of sp³-hybridized carbons (Fsp3) is 0.185. The van der Waals surface area contributed by atoms with E-state index in [1.54, 1.807) is 12.3 Å². The third-order valence-electron chi connectivity index (χ3n) is 5.20. The molecule has 0 saturated carbocycles. The summed E-state index contributed by atoms with van der Waals surface area (Å²) in [5, 5.41) is 15.8. The Morgan fingerprint density at radius 1 is 1.03 bits per heavy atom. The third kappa shape index (κ3) is 6.10. The van der Waals surface area contributed by atoms with E-state index in [4.69, 9.17) is 9.15 Å². The van der Waals surface area contributed by atoms with Crippen molar-refractivity contribution in [1.29, 1.82) is 5.26 Å². The van der Waals surface area contributed by atoms with Gasteiger partial charge in [0.2, 0.25) is 17.7 Å². The molecule has 2 aromatic carbocycles. The summed E-state index contributed by atoms with van der Waals surface area (Å²) in [5.41, 5.74) is 3.64. The first kappa shape index (κ1) is 23.7. The summed E-state index contributed by atoms with van der Waals surface area (Å²) in [5.74, 6) is 1.18. The fourth-order valence-electron chi connectivity index (χ4n) is 3.58. The normalized spacial score (nSPS) is 10.5. The molecule has 4 aromatic rings. The van der Waals surface area contributed by atoms with Crippen LogP contribution < -0.4 is 15.4 Å². The number of oxazole rings is 1. The zero-order valence-corrected chi connectivity index (χ0v) is 19.3. The predicted octanol–water partition coefficient (Wildman–Crippen LogP) is 4.08. The van der Waals surface area contributed by atoms with Gasteiger partial charge in [0.1, 0.15) is 23.1 Å². The minimum absolute atomic E-state index is 0.0195. The van der Waals surface area contributed by atoms with Crippen molar-refractivity contribution in [3.05, 3.63) is 90.1 Å².